The number of piperidine rings is 1. The normalized spacial score (nSPS) is 24.1. The van der Waals surface area contributed by atoms with Gasteiger partial charge in [0, 0.05) is 38.8 Å². The summed E-state index contributed by atoms with van der Waals surface area (Å²) in [5, 5.41) is 20.2. The predicted octanol–water partition coefficient (Wildman–Crippen LogP) is 0.837. The largest absolute Gasteiger partial charge is 0.396 e. The van der Waals surface area contributed by atoms with Gasteiger partial charge in [0.05, 0.1) is 24.0 Å². The fourth-order valence-electron chi connectivity index (χ4n) is 3.35. The van der Waals surface area contributed by atoms with Crippen molar-refractivity contribution in [3.8, 4) is 0 Å². The molecule has 2 atom stereocenters. The van der Waals surface area contributed by atoms with E-state index in [9.17, 15) is 15.0 Å². The lowest BCUT2D eigenvalue weighted by atomic mass is 9.74. The van der Waals surface area contributed by atoms with Crippen LogP contribution in [0.15, 0.2) is 6.20 Å². The maximum Gasteiger partial charge on any atom is 0.257 e. The number of rotatable bonds is 5. The first kappa shape index (κ1) is 18.6. The number of aliphatic hydroxyl groups is 2. The lowest BCUT2D eigenvalue weighted by molar-refractivity contribution is -0.0720. The predicted molar refractivity (Wildman–Crippen MR) is 92.1 cm³/mol. The van der Waals surface area contributed by atoms with Gasteiger partial charge in [-0.15, -0.1) is 0 Å². The molecule has 1 amide bonds. The first-order chi connectivity index (χ1) is 11.3. The van der Waals surface area contributed by atoms with Crippen LogP contribution in [0, 0.1) is 12.3 Å². The molecule has 1 aliphatic rings. The van der Waals surface area contributed by atoms with Crippen molar-refractivity contribution in [3.05, 3.63) is 17.5 Å². The molecule has 1 aromatic heterocycles. The molecular formula is C17H28N4O3. The third kappa shape index (κ3) is 3.52. The highest BCUT2D eigenvalue weighted by Crippen LogP contribution is 2.35. The molecule has 1 fully saturated rings. The number of carbonyl (C=O) groups is 1. The van der Waals surface area contributed by atoms with E-state index in [1.54, 1.807) is 22.9 Å². The molecule has 0 saturated carbocycles. The van der Waals surface area contributed by atoms with Crippen molar-refractivity contribution in [1.29, 1.82) is 0 Å². The molecule has 0 aliphatic carbocycles. The molecule has 7 nitrogen and oxygen atoms in total. The molecule has 0 bridgehead atoms. The molecule has 2 N–H and O–H groups in total. The zero-order valence-electron chi connectivity index (χ0n) is 15.0. The van der Waals surface area contributed by atoms with E-state index in [1.165, 1.54) is 0 Å². The van der Waals surface area contributed by atoms with Crippen LogP contribution in [0.4, 0.5) is 5.95 Å². The van der Waals surface area contributed by atoms with Gasteiger partial charge in [-0.25, -0.2) is 9.97 Å². The smallest absolute Gasteiger partial charge is 0.257 e. The molecule has 2 rings (SSSR count). The average molecular weight is 336 g/mol. The molecule has 1 aromatic rings. The Morgan fingerprint density at radius 1 is 1.50 bits per heavy atom. The quantitative estimate of drug-likeness (QED) is 0.828. The minimum absolute atomic E-state index is 0.124. The van der Waals surface area contributed by atoms with Gasteiger partial charge >= 0.3 is 0 Å². The summed E-state index contributed by atoms with van der Waals surface area (Å²) >= 11 is 0. The molecule has 1 saturated heterocycles. The van der Waals surface area contributed by atoms with Crippen molar-refractivity contribution in [3.63, 3.8) is 0 Å². The van der Waals surface area contributed by atoms with Gasteiger partial charge in [-0.2, -0.15) is 0 Å². The standard InChI is InChI=1S/C17H28N4O3/c1-5-7-17(11-22)10-21(8-6-14(17)23)15(24)13-9-18-16(20(3)4)19-12(13)2/h9,14,22-23H,5-8,10-11H2,1-4H3/t14-,17+/m1/s1. The van der Waals surface area contributed by atoms with Crippen LogP contribution in [0.5, 0.6) is 0 Å². The number of hydrogen-bond acceptors (Lipinski definition) is 6. The SMILES string of the molecule is CCC[C@@]1(CO)CN(C(=O)c2cnc(N(C)C)nc2C)CC[C@H]1O. The zero-order valence-corrected chi connectivity index (χ0v) is 15.0. The third-order valence-electron chi connectivity index (χ3n) is 4.83. The van der Waals surface area contributed by atoms with Crippen molar-refractivity contribution in [2.75, 3.05) is 38.7 Å². The fourth-order valence-corrected chi connectivity index (χ4v) is 3.35. The van der Waals surface area contributed by atoms with E-state index in [-0.39, 0.29) is 12.5 Å². The first-order valence-electron chi connectivity index (χ1n) is 8.44. The van der Waals surface area contributed by atoms with Gasteiger partial charge in [0.25, 0.3) is 5.91 Å². The maximum absolute atomic E-state index is 12.9. The molecule has 2 heterocycles. The Hall–Kier alpha value is -1.73. The molecule has 1 aliphatic heterocycles. The van der Waals surface area contributed by atoms with Crippen molar-refractivity contribution >= 4 is 11.9 Å². The summed E-state index contributed by atoms with van der Waals surface area (Å²) in [5.41, 5.74) is 0.469. The third-order valence-corrected chi connectivity index (χ3v) is 4.83. The summed E-state index contributed by atoms with van der Waals surface area (Å²) in [5.74, 6) is 0.424. The molecule has 24 heavy (non-hydrogen) atoms. The topological polar surface area (TPSA) is 89.8 Å². The lowest BCUT2D eigenvalue weighted by Crippen LogP contribution is -2.55. The molecule has 0 unspecified atom stereocenters. The second kappa shape index (κ2) is 7.44. The van der Waals surface area contributed by atoms with Crippen LogP contribution in [-0.4, -0.2) is 70.9 Å². The van der Waals surface area contributed by atoms with E-state index in [0.29, 0.717) is 43.1 Å². The molecule has 0 aromatic carbocycles. The summed E-state index contributed by atoms with van der Waals surface area (Å²) < 4.78 is 0. The number of aliphatic hydroxyl groups excluding tert-OH is 2. The Balaban J connectivity index is 2.23. The Morgan fingerprint density at radius 3 is 2.75 bits per heavy atom. The van der Waals surface area contributed by atoms with Crippen molar-refractivity contribution in [1.82, 2.24) is 14.9 Å². The van der Waals surface area contributed by atoms with E-state index in [0.717, 1.165) is 6.42 Å². The minimum atomic E-state index is -0.638. The number of amides is 1. The van der Waals surface area contributed by atoms with Crippen LogP contribution in [0.25, 0.3) is 0 Å². The molecule has 0 radical (unpaired) electrons. The van der Waals surface area contributed by atoms with Crippen LogP contribution in [0.3, 0.4) is 0 Å². The van der Waals surface area contributed by atoms with Crippen LogP contribution in [0.2, 0.25) is 0 Å². The van der Waals surface area contributed by atoms with Crippen molar-refractivity contribution < 1.29 is 15.0 Å². The van der Waals surface area contributed by atoms with Crippen LogP contribution in [-0.2, 0) is 0 Å². The lowest BCUT2D eigenvalue weighted by Gasteiger charge is -2.45. The molecule has 134 valence electrons. The van der Waals surface area contributed by atoms with Crippen molar-refractivity contribution in [2.24, 2.45) is 5.41 Å². The first-order valence-corrected chi connectivity index (χ1v) is 8.44. The monoisotopic (exact) mass is 336 g/mol. The van der Waals surface area contributed by atoms with Gasteiger partial charge in [0.2, 0.25) is 5.95 Å². The van der Waals surface area contributed by atoms with Gasteiger partial charge < -0.3 is 20.0 Å². The Labute approximate surface area is 143 Å². The minimum Gasteiger partial charge on any atom is -0.396 e. The van der Waals surface area contributed by atoms with E-state index in [1.807, 2.05) is 21.0 Å². The highest BCUT2D eigenvalue weighted by molar-refractivity contribution is 5.95. The van der Waals surface area contributed by atoms with Crippen LogP contribution < -0.4 is 4.90 Å². The highest BCUT2D eigenvalue weighted by Gasteiger charge is 2.43. The molecule has 7 heteroatoms. The average Bonchev–Trinajstić information content (AvgIpc) is 2.56. The number of carbonyl (C=O) groups excluding carboxylic acids is 1. The Morgan fingerprint density at radius 2 is 2.21 bits per heavy atom. The van der Waals surface area contributed by atoms with Crippen molar-refractivity contribution in [2.45, 2.75) is 39.2 Å². The van der Waals surface area contributed by atoms with Gasteiger partial charge in [-0.1, -0.05) is 13.3 Å². The Bertz CT molecular complexity index is 593. The van der Waals surface area contributed by atoms with Crippen LogP contribution >= 0.6 is 0 Å². The summed E-state index contributed by atoms with van der Waals surface area (Å²) in [6.07, 6.45) is 2.98. The van der Waals surface area contributed by atoms with E-state index < -0.39 is 11.5 Å². The summed E-state index contributed by atoms with van der Waals surface area (Å²) in [6, 6.07) is 0. The Kier molecular flexibility index (Phi) is 5.77. The number of aromatic nitrogens is 2. The number of aryl methyl sites for hydroxylation is 1. The van der Waals surface area contributed by atoms with Gasteiger partial charge in [-0.3, -0.25) is 4.79 Å². The second-order valence-corrected chi connectivity index (χ2v) is 6.87. The summed E-state index contributed by atoms with van der Waals surface area (Å²) in [6.45, 7) is 4.52. The van der Waals surface area contributed by atoms with E-state index in [2.05, 4.69) is 9.97 Å². The number of nitrogens with zero attached hydrogens (tertiary/aromatic N) is 4. The summed E-state index contributed by atoms with van der Waals surface area (Å²) in [7, 11) is 3.70. The van der Waals surface area contributed by atoms with Crippen LogP contribution in [0.1, 0.15) is 42.2 Å². The van der Waals surface area contributed by atoms with E-state index >= 15 is 0 Å². The van der Waals surface area contributed by atoms with Gasteiger partial charge in [-0.05, 0) is 19.8 Å². The number of anilines is 1. The van der Waals surface area contributed by atoms with Gasteiger partial charge in [0.15, 0.2) is 0 Å². The highest BCUT2D eigenvalue weighted by atomic mass is 16.3. The maximum atomic E-state index is 12.9. The van der Waals surface area contributed by atoms with Gasteiger partial charge in [0.1, 0.15) is 0 Å². The summed E-state index contributed by atoms with van der Waals surface area (Å²) in [4.78, 5) is 25.0. The molecular weight excluding hydrogens is 308 g/mol. The fraction of sp³-hybridized carbons (Fsp3) is 0.706. The second-order valence-electron chi connectivity index (χ2n) is 6.87. The zero-order chi connectivity index (χ0) is 17.9. The molecule has 0 spiro atoms. The number of hydrogen-bond donors (Lipinski definition) is 2. The number of likely N-dealkylation sites (tertiary alicyclic amines) is 1. The van der Waals surface area contributed by atoms with E-state index in [4.69, 9.17) is 0 Å².